The molecule has 1 aliphatic rings. The van der Waals surface area contributed by atoms with E-state index in [4.69, 9.17) is 0 Å². The molecule has 1 rings (SSSR count). The third-order valence-electron chi connectivity index (χ3n) is 3.09. The minimum Gasteiger partial charge on any atom is -0.393 e. The van der Waals surface area contributed by atoms with Gasteiger partial charge in [-0.05, 0) is 32.1 Å². The van der Waals surface area contributed by atoms with Gasteiger partial charge in [-0.2, -0.15) is 0 Å². The Labute approximate surface area is 81.0 Å². The molecule has 2 nitrogen and oxygen atoms in total. The zero-order valence-electron chi connectivity index (χ0n) is 8.63. The van der Waals surface area contributed by atoms with E-state index in [0.717, 1.165) is 51.4 Å². The summed E-state index contributed by atoms with van der Waals surface area (Å²) >= 11 is 0. The normalized spacial score (nSPS) is 36.7. The van der Waals surface area contributed by atoms with E-state index in [-0.39, 0.29) is 6.10 Å². The lowest BCUT2D eigenvalue weighted by Crippen LogP contribution is -2.31. The first-order chi connectivity index (χ1) is 6.16. The molecule has 1 fully saturated rings. The fourth-order valence-electron chi connectivity index (χ4n) is 2.25. The minimum atomic E-state index is -0.476. The van der Waals surface area contributed by atoms with Gasteiger partial charge in [-0.3, -0.25) is 0 Å². The Bertz CT molecular complexity index is 147. The van der Waals surface area contributed by atoms with Gasteiger partial charge in [0.05, 0.1) is 11.7 Å². The molecule has 0 heterocycles. The number of aliphatic hydroxyl groups excluding tert-OH is 1. The van der Waals surface area contributed by atoms with Crippen LogP contribution in [0.25, 0.3) is 0 Å². The molecule has 0 aromatic heterocycles. The molecule has 0 aromatic carbocycles. The maximum Gasteiger partial charge on any atom is 0.0648 e. The van der Waals surface area contributed by atoms with Crippen LogP contribution in [0.3, 0.4) is 0 Å². The molecule has 0 amide bonds. The van der Waals surface area contributed by atoms with Crippen molar-refractivity contribution in [2.24, 2.45) is 0 Å². The first-order valence-corrected chi connectivity index (χ1v) is 5.57. The molecule has 0 radical (unpaired) electrons. The van der Waals surface area contributed by atoms with Gasteiger partial charge in [-0.1, -0.05) is 26.2 Å². The maximum atomic E-state index is 10.2. The average molecular weight is 186 g/mol. The molecule has 0 spiro atoms. The van der Waals surface area contributed by atoms with Gasteiger partial charge in [0.1, 0.15) is 0 Å². The molecule has 78 valence electrons. The van der Waals surface area contributed by atoms with Crippen molar-refractivity contribution in [1.29, 1.82) is 0 Å². The fraction of sp³-hybridized carbons (Fsp3) is 1.00. The predicted octanol–water partition coefficient (Wildman–Crippen LogP) is 2.23. The van der Waals surface area contributed by atoms with Crippen LogP contribution < -0.4 is 0 Å². The summed E-state index contributed by atoms with van der Waals surface area (Å²) in [6.07, 6.45) is 7.27. The lowest BCUT2D eigenvalue weighted by atomic mass is 9.83. The van der Waals surface area contributed by atoms with E-state index in [1.807, 2.05) is 0 Å². The number of hydrogen-bond donors (Lipinski definition) is 2. The highest BCUT2D eigenvalue weighted by atomic mass is 16.3. The van der Waals surface area contributed by atoms with Crippen LogP contribution in [-0.4, -0.2) is 21.9 Å². The summed E-state index contributed by atoms with van der Waals surface area (Å²) in [7, 11) is 0. The zero-order chi connectivity index (χ0) is 9.73. The van der Waals surface area contributed by atoms with E-state index in [9.17, 15) is 10.2 Å². The maximum absolute atomic E-state index is 10.2. The third-order valence-corrected chi connectivity index (χ3v) is 3.09. The van der Waals surface area contributed by atoms with Gasteiger partial charge in [-0.15, -0.1) is 0 Å². The van der Waals surface area contributed by atoms with E-state index < -0.39 is 5.60 Å². The summed E-state index contributed by atoms with van der Waals surface area (Å²) in [4.78, 5) is 0. The van der Waals surface area contributed by atoms with Gasteiger partial charge in [0, 0.05) is 0 Å². The van der Waals surface area contributed by atoms with Crippen molar-refractivity contribution in [3.8, 4) is 0 Å². The Morgan fingerprint density at radius 2 is 2.00 bits per heavy atom. The lowest BCUT2D eigenvalue weighted by Gasteiger charge is -2.31. The van der Waals surface area contributed by atoms with Gasteiger partial charge in [0.2, 0.25) is 0 Å². The van der Waals surface area contributed by atoms with Crippen LogP contribution in [-0.2, 0) is 0 Å². The van der Waals surface area contributed by atoms with Crippen molar-refractivity contribution >= 4 is 0 Å². The number of rotatable bonds is 2. The predicted molar refractivity (Wildman–Crippen MR) is 53.6 cm³/mol. The molecule has 2 atom stereocenters. The van der Waals surface area contributed by atoms with Crippen LogP contribution in [0, 0.1) is 0 Å². The van der Waals surface area contributed by atoms with E-state index in [2.05, 4.69) is 6.92 Å². The molecule has 0 bridgehead atoms. The Hall–Kier alpha value is -0.0800. The molecule has 0 aromatic rings. The van der Waals surface area contributed by atoms with Gasteiger partial charge in [0.15, 0.2) is 0 Å². The highest BCUT2D eigenvalue weighted by molar-refractivity contribution is 4.81. The largest absolute Gasteiger partial charge is 0.393 e. The highest BCUT2D eigenvalue weighted by Gasteiger charge is 2.27. The van der Waals surface area contributed by atoms with E-state index in [0.29, 0.717) is 0 Å². The summed E-state index contributed by atoms with van der Waals surface area (Å²) in [5.41, 5.74) is -0.476. The monoisotopic (exact) mass is 186 g/mol. The van der Waals surface area contributed by atoms with Crippen LogP contribution in [0.5, 0.6) is 0 Å². The Balaban J connectivity index is 2.43. The smallest absolute Gasteiger partial charge is 0.0648 e. The summed E-state index contributed by atoms with van der Waals surface area (Å²) in [6.45, 7) is 2.10. The third kappa shape index (κ3) is 3.65. The fourth-order valence-corrected chi connectivity index (χ4v) is 2.25. The van der Waals surface area contributed by atoms with Gasteiger partial charge < -0.3 is 10.2 Å². The summed E-state index contributed by atoms with van der Waals surface area (Å²) in [5, 5.41) is 19.7. The molecule has 2 heteroatoms. The van der Waals surface area contributed by atoms with Crippen molar-refractivity contribution in [2.75, 3.05) is 0 Å². The molecular formula is C11H22O2. The van der Waals surface area contributed by atoms with Crippen molar-refractivity contribution < 1.29 is 10.2 Å². The van der Waals surface area contributed by atoms with Gasteiger partial charge in [-0.25, -0.2) is 0 Å². The second-order valence-corrected chi connectivity index (χ2v) is 4.41. The average Bonchev–Trinajstić information content (AvgIpc) is 2.08. The van der Waals surface area contributed by atoms with Crippen LogP contribution in [0.15, 0.2) is 0 Å². The minimum absolute atomic E-state index is 0.177. The molecular weight excluding hydrogens is 164 g/mol. The molecule has 13 heavy (non-hydrogen) atoms. The zero-order valence-corrected chi connectivity index (χ0v) is 8.63. The van der Waals surface area contributed by atoms with Crippen molar-refractivity contribution in [2.45, 2.75) is 70.0 Å². The number of aliphatic hydroxyl groups is 2. The van der Waals surface area contributed by atoms with E-state index in [1.165, 1.54) is 0 Å². The Morgan fingerprint density at radius 1 is 1.23 bits per heavy atom. The van der Waals surface area contributed by atoms with Gasteiger partial charge in [0.25, 0.3) is 0 Å². The first kappa shape index (κ1) is 11.0. The number of hydrogen-bond acceptors (Lipinski definition) is 2. The summed E-state index contributed by atoms with van der Waals surface area (Å²) in [6, 6.07) is 0. The highest BCUT2D eigenvalue weighted by Crippen LogP contribution is 2.29. The molecule has 0 saturated heterocycles. The van der Waals surface area contributed by atoms with Crippen LogP contribution in [0.4, 0.5) is 0 Å². The second kappa shape index (κ2) is 4.97. The van der Waals surface area contributed by atoms with Crippen molar-refractivity contribution in [3.63, 3.8) is 0 Å². The Kier molecular flexibility index (Phi) is 4.20. The molecule has 1 aliphatic carbocycles. The van der Waals surface area contributed by atoms with Gasteiger partial charge >= 0.3 is 0 Å². The van der Waals surface area contributed by atoms with Crippen LogP contribution in [0.1, 0.15) is 58.3 Å². The molecule has 0 aliphatic heterocycles. The SMILES string of the molecule is CCCC1(O)CCCCC(O)CC1. The standard InChI is InChI=1S/C11H22O2/c1-2-7-11(13)8-4-3-5-10(12)6-9-11/h10,12-13H,2-9H2,1H3. The molecule has 1 saturated carbocycles. The van der Waals surface area contributed by atoms with Crippen LogP contribution in [0.2, 0.25) is 0 Å². The quantitative estimate of drug-likeness (QED) is 0.694. The molecule has 2 unspecified atom stereocenters. The van der Waals surface area contributed by atoms with E-state index in [1.54, 1.807) is 0 Å². The summed E-state index contributed by atoms with van der Waals surface area (Å²) < 4.78 is 0. The van der Waals surface area contributed by atoms with Crippen molar-refractivity contribution in [3.05, 3.63) is 0 Å². The van der Waals surface area contributed by atoms with Crippen molar-refractivity contribution in [1.82, 2.24) is 0 Å². The first-order valence-electron chi connectivity index (χ1n) is 5.57. The second-order valence-electron chi connectivity index (χ2n) is 4.41. The summed E-state index contributed by atoms with van der Waals surface area (Å²) in [5.74, 6) is 0. The molecule has 2 N–H and O–H groups in total. The van der Waals surface area contributed by atoms with E-state index >= 15 is 0 Å². The lowest BCUT2D eigenvalue weighted by molar-refractivity contribution is -0.0116. The van der Waals surface area contributed by atoms with Crippen LogP contribution >= 0.6 is 0 Å². The Morgan fingerprint density at radius 3 is 2.69 bits per heavy atom. The topological polar surface area (TPSA) is 40.5 Å².